The van der Waals surface area contributed by atoms with Crippen LogP contribution in [0, 0.1) is 0 Å². The van der Waals surface area contributed by atoms with Crippen molar-refractivity contribution in [2.24, 2.45) is 0 Å². The number of ether oxygens (including phenoxy) is 2. The Balaban J connectivity index is 1.70. The molecule has 0 radical (unpaired) electrons. The summed E-state index contributed by atoms with van der Waals surface area (Å²) in [7, 11) is 3.24. The Labute approximate surface area is 131 Å². The van der Waals surface area contributed by atoms with Gasteiger partial charge in [-0.1, -0.05) is 18.2 Å². The fourth-order valence-corrected chi connectivity index (χ4v) is 2.26. The highest BCUT2D eigenvalue weighted by Crippen LogP contribution is 2.26. The Hall–Kier alpha value is -2.20. The van der Waals surface area contributed by atoms with Gasteiger partial charge in [-0.05, 0) is 61.3 Å². The molecule has 4 heteroatoms. The van der Waals surface area contributed by atoms with Gasteiger partial charge in [0.2, 0.25) is 0 Å². The van der Waals surface area contributed by atoms with Gasteiger partial charge in [-0.15, -0.1) is 0 Å². The Bertz CT molecular complexity index is 581. The number of hydrogen-bond donors (Lipinski definition) is 2. The summed E-state index contributed by atoms with van der Waals surface area (Å²) >= 11 is 0. The van der Waals surface area contributed by atoms with Gasteiger partial charge in [0.05, 0.1) is 14.2 Å². The SMILES string of the molecule is COc1ccc(CCNCCc2ccc(O)c(OC)c2)cc1. The van der Waals surface area contributed by atoms with Crippen LogP contribution in [0.5, 0.6) is 17.2 Å². The molecular weight excluding hydrogens is 278 g/mol. The number of methoxy groups -OCH3 is 2. The second-order valence-corrected chi connectivity index (χ2v) is 5.10. The Morgan fingerprint density at radius 3 is 2.14 bits per heavy atom. The second kappa shape index (κ2) is 8.29. The summed E-state index contributed by atoms with van der Waals surface area (Å²) in [5.74, 6) is 1.59. The van der Waals surface area contributed by atoms with Gasteiger partial charge in [-0.25, -0.2) is 0 Å². The predicted molar refractivity (Wildman–Crippen MR) is 87.9 cm³/mol. The third kappa shape index (κ3) is 4.67. The molecule has 22 heavy (non-hydrogen) atoms. The van der Waals surface area contributed by atoms with Crippen molar-refractivity contribution in [2.75, 3.05) is 27.3 Å². The maximum Gasteiger partial charge on any atom is 0.160 e. The molecule has 0 aliphatic heterocycles. The van der Waals surface area contributed by atoms with E-state index in [1.54, 1.807) is 20.3 Å². The van der Waals surface area contributed by atoms with Crippen LogP contribution in [0.15, 0.2) is 42.5 Å². The van der Waals surface area contributed by atoms with Crippen LogP contribution >= 0.6 is 0 Å². The summed E-state index contributed by atoms with van der Waals surface area (Å²) in [6.45, 7) is 1.83. The van der Waals surface area contributed by atoms with Crippen molar-refractivity contribution in [3.8, 4) is 17.2 Å². The van der Waals surface area contributed by atoms with E-state index in [9.17, 15) is 5.11 Å². The quantitative estimate of drug-likeness (QED) is 0.736. The van der Waals surface area contributed by atoms with Crippen LogP contribution in [-0.4, -0.2) is 32.4 Å². The zero-order valence-corrected chi connectivity index (χ0v) is 13.1. The number of phenolic OH excluding ortho intramolecular Hbond substituents is 1. The van der Waals surface area contributed by atoms with Gasteiger partial charge in [0.15, 0.2) is 11.5 Å². The Kier molecular flexibility index (Phi) is 6.10. The van der Waals surface area contributed by atoms with Crippen molar-refractivity contribution >= 4 is 0 Å². The highest BCUT2D eigenvalue weighted by atomic mass is 16.5. The molecule has 0 saturated heterocycles. The van der Waals surface area contributed by atoms with E-state index in [1.165, 1.54) is 5.56 Å². The summed E-state index contributed by atoms with van der Waals surface area (Å²) < 4.78 is 10.3. The predicted octanol–water partition coefficient (Wildman–Crippen LogP) is 2.78. The first-order valence-electron chi connectivity index (χ1n) is 7.42. The van der Waals surface area contributed by atoms with Crippen LogP contribution in [0.2, 0.25) is 0 Å². The smallest absolute Gasteiger partial charge is 0.160 e. The number of benzene rings is 2. The normalized spacial score (nSPS) is 10.5. The summed E-state index contributed by atoms with van der Waals surface area (Å²) in [4.78, 5) is 0. The third-order valence-electron chi connectivity index (χ3n) is 3.58. The van der Waals surface area contributed by atoms with Crippen molar-refractivity contribution in [2.45, 2.75) is 12.8 Å². The van der Waals surface area contributed by atoms with Gasteiger partial charge in [0.25, 0.3) is 0 Å². The van der Waals surface area contributed by atoms with Gasteiger partial charge < -0.3 is 19.9 Å². The van der Waals surface area contributed by atoms with E-state index >= 15 is 0 Å². The first kappa shape index (κ1) is 16.2. The molecule has 0 atom stereocenters. The van der Waals surface area contributed by atoms with Crippen molar-refractivity contribution in [3.05, 3.63) is 53.6 Å². The maximum atomic E-state index is 9.56. The van der Waals surface area contributed by atoms with Crippen molar-refractivity contribution in [1.82, 2.24) is 5.32 Å². The average molecular weight is 301 g/mol. The van der Waals surface area contributed by atoms with Crippen LogP contribution in [0.25, 0.3) is 0 Å². The minimum Gasteiger partial charge on any atom is -0.504 e. The van der Waals surface area contributed by atoms with Crippen LogP contribution < -0.4 is 14.8 Å². The first-order chi connectivity index (χ1) is 10.7. The molecule has 0 saturated carbocycles. The number of phenols is 1. The lowest BCUT2D eigenvalue weighted by Gasteiger charge is -2.08. The molecule has 2 N–H and O–H groups in total. The van der Waals surface area contributed by atoms with Gasteiger partial charge in [0, 0.05) is 0 Å². The lowest BCUT2D eigenvalue weighted by atomic mass is 10.1. The molecule has 0 amide bonds. The molecule has 0 aliphatic rings. The fraction of sp³-hybridized carbons (Fsp3) is 0.333. The van der Waals surface area contributed by atoms with Crippen molar-refractivity contribution < 1.29 is 14.6 Å². The molecule has 0 spiro atoms. The molecule has 2 aromatic rings. The Morgan fingerprint density at radius 2 is 1.50 bits per heavy atom. The van der Waals surface area contributed by atoms with E-state index in [0.29, 0.717) is 5.75 Å². The molecule has 0 unspecified atom stereocenters. The highest BCUT2D eigenvalue weighted by molar-refractivity contribution is 5.41. The van der Waals surface area contributed by atoms with E-state index < -0.39 is 0 Å². The molecule has 0 fully saturated rings. The standard InChI is InChI=1S/C18H23NO3/c1-21-16-6-3-14(4-7-16)9-11-19-12-10-15-5-8-17(20)18(13-15)22-2/h3-8,13,19-20H,9-12H2,1-2H3. The molecule has 0 bridgehead atoms. The topological polar surface area (TPSA) is 50.7 Å². The number of nitrogens with one attached hydrogen (secondary N) is 1. The molecule has 4 nitrogen and oxygen atoms in total. The monoisotopic (exact) mass is 301 g/mol. The number of hydrogen-bond acceptors (Lipinski definition) is 4. The first-order valence-corrected chi connectivity index (χ1v) is 7.42. The second-order valence-electron chi connectivity index (χ2n) is 5.10. The molecule has 0 aliphatic carbocycles. The zero-order chi connectivity index (χ0) is 15.8. The average Bonchev–Trinajstić information content (AvgIpc) is 2.56. The molecule has 0 aromatic heterocycles. The minimum atomic E-state index is 0.179. The molecule has 2 rings (SSSR count). The molecule has 2 aromatic carbocycles. The van der Waals surface area contributed by atoms with E-state index in [4.69, 9.17) is 9.47 Å². The van der Waals surface area contributed by atoms with E-state index in [1.807, 2.05) is 24.3 Å². The minimum absolute atomic E-state index is 0.179. The maximum absolute atomic E-state index is 9.56. The lowest BCUT2D eigenvalue weighted by molar-refractivity contribution is 0.373. The molecular formula is C18H23NO3. The van der Waals surface area contributed by atoms with E-state index in [0.717, 1.165) is 37.2 Å². The van der Waals surface area contributed by atoms with Crippen LogP contribution in [0.4, 0.5) is 0 Å². The van der Waals surface area contributed by atoms with Crippen LogP contribution in [-0.2, 0) is 12.8 Å². The van der Waals surface area contributed by atoms with Crippen molar-refractivity contribution in [1.29, 1.82) is 0 Å². The number of aromatic hydroxyl groups is 1. The van der Waals surface area contributed by atoms with Gasteiger partial charge >= 0.3 is 0 Å². The number of rotatable bonds is 8. The summed E-state index contributed by atoms with van der Waals surface area (Å²) in [6, 6.07) is 13.6. The van der Waals surface area contributed by atoms with Crippen molar-refractivity contribution in [3.63, 3.8) is 0 Å². The van der Waals surface area contributed by atoms with Gasteiger partial charge in [-0.3, -0.25) is 0 Å². The largest absolute Gasteiger partial charge is 0.504 e. The third-order valence-corrected chi connectivity index (χ3v) is 3.58. The van der Waals surface area contributed by atoms with Crippen LogP contribution in [0.3, 0.4) is 0 Å². The van der Waals surface area contributed by atoms with E-state index in [2.05, 4.69) is 17.4 Å². The Morgan fingerprint density at radius 1 is 0.864 bits per heavy atom. The highest BCUT2D eigenvalue weighted by Gasteiger charge is 2.02. The van der Waals surface area contributed by atoms with Gasteiger partial charge in [0.1, 0.15) is 5.75 Å². The zero-order valence-electron chi connectivity index (χ0n) is 13.1. The summed E-state index contributed by atoms with van der Waals surface area (Å²) in [5, 5.41) is 13.0. The van der Waals surface area contributed by atoms with E-state index in [-0.39, 0.29) is 5.75 Å². The summed E-state index contributed by atoms with van der Waals surface area (Å²) in [5.41, 5.74) is 2.44. The van der Waals surface area contributed by atoms with Crippen LogP contribution in [0.1, 0.15) is 11.1 Å². The lowest BCUT2D eigenvalue weighted by Crippen LogP contribution is -2.20. The molecule has 118 valence electrons. The van der Waals surface area contributed by atoms with Gasteiger partial charge in [-0.2, -0.15) is 0 Å². The molecule has 0 heterocycles. The fourth-order valence-electron chi connectivity index (χ4n) is 2.26. The summed E-state index contributed by atoms with van der Waals surface area (Å²) in [6.07, 6.45) is 1.89.